The highest BCUT2D eigenvalue weighted by atomic mass is 16.3. The van der Waals surface area contributed by atoms with Crippen LogP contribution in [0.2, 0.25) is 0 Å². The number of aromatic nitrogens is 2. The molecule has 0 bridgehead atoms. The predicted molar refractivity (Wildman–Crippen MR) is 113 cm³/mol. The van der Waals surface area contributed by atoms with Crippen LogP contribution >= 0.6 is 0 Å². The Morgan fingerprint density at radius 3 is 1.72 bits per heavy atom. The third-order valence-electron chi connectivity index (χ3n) is 5.63. The van der Waals surface area contributed by atoms with Gasteiger partial charge in [-0.25, -0.2) is 0 Å². The molecule has 0 saturated carbocycles. The van der Waals surface area contributed by atoms with Crippen molar-refractivity contribution in [2.24, 2.45) is 14.1 Å². The molecule has 2 N–H and O–H groups in total. The Morgan fingerprint density at radius 1 is 0.828 bits per heavy atom. The van der Waals surface area contributed by atoms with Gasteiger partial charge in [-0.3, -0.25) is 9.59 Å². The molecule has 1 aromatic carbocycles. The first-order valence-corrected chi connectivity index (χ1v) is 9.55. The van der Waals surface area contributed by atoms with E-state index in [-0.39, 0.29) is 33.7 Å². The second-order valence-electron chi connectivity index (χ2n) is 7.47. The van der Waals surface area contributed by atoms with Gasteiger partial charge in [-0.2, -0.15) is 0 Å². The molecule has 3 aromatic rings. The largest absolute Gasteiger partial charge is 0.507 e. The molecule has 0 fully saturated rings. The van der Waals surface area contributed by atoms with Crippen molar-refractivity contribution < 1.29 is 10.2 Å². The molecule has 0 spiro atoms. The Hall–Kier alpha value is -3.28. The summed E-state index contributed by atoms with van der Waals surface area (Å²) in [5.41, 5.74) is 1.78. The second kappa shape index (κ2) is 7.99. The van der Waals surface area contributed by atoms with Crippen LogP contribution in [0.25, 0.3) is 0 Å². The third-order valence-corrected chi connectivity index (χ3v) is 5.63. The van der Waals surface area contributed by atoms with Gasteiger partial charge in [0.05, 0.1) is 11.1 Å². The molecule has 29 heavy (non-hydrogen) atoms. The highest BCUT2D eigenvalue weighted by Crippen LogP contribution is 2.35. The molecule has 3 rings (SSSR count). The van der Waals surface area contributed by atoms with Crippen LogP contribution in [0.4, 0.5) is 0 Å². The van der Waals surface area contributed by atoms with E-state index in [2.05, 4.69) is 0 Å². The molecular weight excluding hydrogens is 368 g/mol. The van der Waals surface area contributed by atoms with Crippen molar-refractivity contribution in [1.29, 1.82) is 0 Å². The van der Waals surface area contributed by atoms with Gasteiger partial charge in [0.1, 0.15) is 11.5 Å². The molecule has 6 heteroatoms. The standard InChI is InChI=1S/C23H26N2O4/c1-14-12-18(26)20(22(28)24(14)3)17(11-10-16-8-6-5-7-9-16)21-19(27)13-15(2)25(4)23(21)29/h5-9,12-13,17,26-27H,10-11H2,1-4H3. The number of pyridine rings is 2. The van der Waals surface area contributed by atoms with E-state index in [0.717, 1.165) is 5.56 Å². The molecule has 0 aliphatic heterocycles. The summed E-state index contributed by atoms with van der Waals surface area (Å²) in [4.78, 5) is 26.0. The van der Waals surface area contributed by atoms with Gasteiger partial charge in [0.2, 0.25) is 0 Å². The molecule has 2 heterocycles. The average Bonchev–Trinajstić information content (AvgIpc) is 2.69. The summed E-state index contributed by atoms with van der Waals surface area (Å²) < 4.78 is 2.89. The first-order valence-electron chi connectivity index (χ1n) is 9.55. The number of benzene rings is 1. The number of aryl methyl sites for hydroxylation is 3. The first kappa shape index (κ1) is 20.5. The van der Waals surface area contributed by atoms with Crippen LogP contribution < -0.4 is 11.1 Å². The van der Waals surface area contributed by atoms with Crippen molar-refractivity contribution in [3.63, 3.8) is 0 Å². The summed E-state index contributed by atoms with van der Waals surface area (Å²) in [5.74, 6) is -1.06. The summed E-state index contributed by atoms with van der Waals surface area (Å²) in [7, 11) is 3.25. The van der Waals surface area contributed by atoms with Gasteiger partial charge in [0.25, 0.3) is 11.1 Å². The Labute approximate surface area is 169 Å². The van der Waals surface area contributed by atoms with Crippen molar-refractivity contribution in [2.75, 3.05) is 0 Å². The van der Waals surface area contributed by atoms with E-state index >= 15 is 0 Å². The highest BCUT2D eigenvalue weighted by Gasteiger charge is 2.28. The van der Waals surface area contributed by atoms with Crippen LogP contribution in [0.5, 0.6) is 11.5 Å². The van der Waals surface area contributed by atoms with Crippen molar-refractivity contribution in [1.82, 2.24) is 9.13 Å². The van der Waals surface area contributed by atoms with Crippen molar-refractivity contribution in [2.45, 2.75) is 32.6 Å². The summed E-state index contributed by atoms with van der Waals surface area (Å²) in [6.07, 6.45) is 0.972. The van der Waals surface area contributed by atoms with E-state index in [1.54, 1.807) is 27.9 Å². The lowest BCUT2D eigenvalue weighted by atomic mass is 9.86. The summed E-state index contributed by atoms with van der Waals surface area (Å²) in [6, 6.07) is 12.7. The number of hydrogen-bond acceptors (Lipinski definition) is 4. The van der Waals surface area contributed by atoms with Gasteiger partial charge in [-0.05, 0) is 44.4 Å². The Bertz CT molecular complexity index is 1090. The van der Waals surface area contributed by atoms with E-state index < -0.39 is 5.92 Å². The quantitative estimate of drug-likeness (QED) is 0.697. The minimum absolute atomic E-state index is 0.130. The summed E-state index contributed by atoms with van der Waals surface area (Å²) in [6.45, 7) is 3.46. The van der Waals surface area contributed by atoms with Crippen molar-refractivity contribution in [3.8, 4) is 11.5 Å². The van der Waals surface area contributed by atoms with Gasteiger partial charge in [-0.1, -0.05) is 30.3 Å². The third kappa shape index (κ3) is 3.83. The minimum atomic E-state index is -0.742. The fraction of sp³-hybridized carbons (Fsp3) is 0.304. The first-order chi connectivity index (χ1) is 13.7. The number of nitrogens with zero attached hydrogens (tertiary/aromatic N) is 2. The van der Waals surface area contributed by atoms with E-state index in [1.165, 1.54) is 21.3 Å². The average molecular weight is 394 g/mol. The zero-order valence-electron chi connectivity index (χ0n) is 17.1. The predicted octanol–water partition coefficient (Wildman–Crippen LogP) is 2.88. The molecule has 0 saturated heterocycles. The minimum Gasteiger partial charge on any atom is -0.507 e. The second-order valence-corrected chi connectivity index (χ2v) is 7.47. The Balaban J connectivity index is 2.22. The monoisotopic (exact) mass is 394 g/mol. The topological polar surface area (TPSA) is 84.5 Å². The maximum Gasteiger partial charge on any atom is 0.258 e. The summed E-state index contributed by atoms with van der Waals surface area (Å²) in [5, 5.41) is 21.3. The molecule has 0 unspecified atom stereocenters. The Morgan fingerprint density at radius 2 is 1.28 bits per heavy atom. The van der Waals surface area contributed by atoms with Crippen molar-refractivity contribution in [3.05, 3.63) is 91.3 Å². The maximum atomic E-state index is 13.0. The molecule has 6 nitrogen and oxygen atoms in total. The van der Waals surface area contributed by atoms with Crippen LogP contribution in [0.1, 0.15) is 40.4 Å². The zero-order valence-corrected chi connectivity index (χ0v) is 17.1. The smallest absolute Gasteiger partial charge is 0.258 e. The zero-order chi connectivity index (χ0) is 21.3. The SMILES string of the molecule is Cc1cc(O)c(C(CCc2ccccc2)c2c(O)cc(C)n(C)c2=O)c(=O)n1C. The molecule has 0 radical (unpaired) electrons. The van der Waals surface area contributed by atoms with E-state index in [0.29, 0.717) is 24.2 Å². The number of hydrogen-bond donors (Lipinski definition) is 2. The van der Waals surface area contributed by atoms with Crippen molar-refractivity contribution >= 4 is 0 Å². The van der Waals surface area contributed by atoms with Crippen LogP contribution in [0.3, 0.4) is 0 Å². The van der Waals surface area contributed by atoms with Gasteiger partial charge >= 0.3 is 0 Å². The van der Waals surface area contributed by atoms with Gasteiger partial charge < -0.3 is 19.3 Å². The van der Waals surface area contributed by atoms with E-state index in [9.17, 15) is 19.8 Å². The fourth-order valence-corrected chi connectivity index (χ4v) is 3.69. The molecular formula is C23H26N2O4. The van der Waals surface area contributed by atoms with Gasteiger partial charge in [0, 0.05) is 31.4 Å². The fourth-order valence-electron chi connectivity index (χ4n) is 3.69. The molecule has 152 valence electrons. The van der Waals surface area contributed by atoms with Crippen LogP contribution in [-0.2, 0) is 20.5 Å². The lowest BCUT2D eigenvalue weighted by Gasteiger charge is -2.21. The van der Waals surface area contributed by atoms with E-state index in [1.807, 2.05) is 30.3 Å². The highest BCUT2D eigenvalue weighted by molar-refractivity contribution is 5.46. The van der Waals surface area contributed by atoms with Crippen LogP contribution in [0, 0.1) is 13.8 Å². The van der Waals surface area contributed by atoms with E-state index in [4.69, 9.17) is 0 Å². The molecule has 2 aromatic heterocycles. The molecule has 0 aliphatic rings. The lowest BCUT2D eigenvalue weighted by molar-refractivity contribution is 0.442. The van der Waals surface area contributed by atoms with Crippen LogP contribution in [0.15, 0.2) is 52.1 Å². The van der Waals surface area contributed by atoms with Gasteiger partial charge in [-0.15, -0.1) is 0 Å². The molecule has 0 amide bonds. The maximum absolute atomic E-state index is 13.0. The normalized spacial score (nSPS) is 11.2. The van der Waals surface area contributed by atoms with Gasteiger partial charge in [0.15, 0.2) is 0 Å². The summed E-state index contributed by atoms with van der Waals surface area (Å²) >= 11 is 0. The number of aromatic hydroxyl groups is 2. The number of rotatable bonds is 5. The van der Waals surface area contributed by atoms with Crippen LogP contribution in [-0.4, -0.2) is 19.3 Å². The molecule has 0 aliphatic carbocycles. The molecule has 0 atom stereocenters. The lowest BCUT2D eigenvalue weighted by Crippen LogP contribution is -2.30. The Kier molecular flexibility index (Phi) is 5.64.